The molecule has 0 spiro atoms. The van der Waals surface area contributed by atoms with Gasteiger partial charge in [-0.15, -0.1) is 0 Å². The van der Waals surface area contributed by atoms with Gasteiger partial charge in [-0.2, -0.15) is 0 Å². The van der Waals surface area contributed by atoms with Crippen LogP contribution in [0.2, 0.25) is 0 Å². The molecule has 2 aromatic rings. The van der Waals surface area contributed by atoms with Gasteiger partial charge in [0.05, 0.1) is 0 Å². The highest BCUT2D eigenvalue weighted by molar-refractivity contribution is 5.23. The maximum Gasteiger partial charge on any atom is 0.0351 e. The van der Waals surface area contributed by atoms with E-state index in [-0.39, 0.29) is 0 Å². The average Bonchev–Trinajstić information content (AvgIpc) is 2.49. The van der Waals surface area contributed by atoms with Crippen LogP contribution in [0.1, 0.15) is 42.5 Å². The number of hydrogen-bond donors (Lipinski definition) is 0. The molecular weight excluding hydrogens is 230 g/mol. The quantitative estimate of drug-likeness (QED) is 0.755. The first-order chi connectivity index (χ1) is 9.36. The summed E-state index contributed by atoms with van der Waals surface area (Å²) in [6.45, 7) is 0. The predicted octanol–water partition coefficient (Wildman–Crippen LogP) is 4.58. The molecule has 1 nitrogen and oxygen atoms in total. The zero-order valence-electron chi connectivity index (χ0n) is 11.5. The van der Waals surface area contributed by atoms with Gasteiger partial charge in [0.1, 0.15) is 0 Å². The molecule has 1 saturated heterocycles. The normalized spacial score (nSPS) is 24.3. The molecule has 3 rings (SSSR count). The molecule has 2 atom stereocenters. The Labute approximate surface area is 115 Å². The third-order valence-corrected chi connectivity index (χ3v) is 4.31. The topological polar surface area (TPSA) is 3.24 Å². The van der Waals surface area contributed by atoms with Crippen LogP contribution >= 0.6 is 0 Å². The van der Waals surface area contributed by atoms with Gasteiger partial charge in [0.15, 0.2) is 0 Å². The van der Waals surface area contributed by atoms with Crippen molar-refractivity contribution in [1.29, 1.82) is 0 Å². The standard InChI is InChI=1S/C18H21N/c1-19-17(15-9-4-2-5-10-15)13-8-14-18(19)16-11-6-3-7-12-16/h2-7,9-12,17-18H,8,13-14H2,1H3/t17-,18+. The van der Waals surface area contributed by atoms with Gasteiger partial charge in [0, 0.05) is 12.1 Å². The van der Waals surface area contributed by atoms with E-state index in [1.807, 2.05) is 0 Å². The maximum absolute atomic E-state index is 2.55. The highest BCUT2D eigenvalue weighted by Gasteiger charge is 2.29. The lowest BCUT2D eigenvalue weighted by Gasteiger charge is -2.40. The van der Waals surface area contributed by atoms with E-state index in [0.29, 0.717) is 12.1 Å². The smallest absolute Gasteiger partial charge is 0.0351 e. The van der Waals surface area contributed by atoms with Gasteiger partial charge in [0.2, 0.25) is 0 Å². The van der Waals surface area contributed by atoms with Crippen LogP contribution < -0.4 is 0 Å². The zero-order chi connectivity index (χ0) is 13.1. The largest absolute Gasteiger partial charge is 0.292 e. The number of likely N-dealkylation sites (tertiary alicyclic amines) is 1. The summed E-state index contributed by atoms with van der Waals surface area (Å²) in [5.74, 6) is 0. The van der Waals surface area contributed by atoms with E-state index in [1.54, 1.807) is 0 Å². The van der Waals surface area contributed by atoms with Gasteiger partial charge in [-0.1, -0.05) is 60.7 Å². The Bertz CT molecular complexity index is 458. The van der Waals surface area contributed by atoms with Crippen molar-refractivity contribution in [1.82, 2.24) is 4.90 Å². The molecule has 1 aliphatic heterocycles. The van der Waals surface area contributed by atoms with Crippen molar-refractivity contribution in [3.8, 4) is 0 Å². The molecule has 0 unspecified atom stereocenters. The van der Waals surface area contributed by atoms with Crippen molar-refractivity contribution in [2.45, 2.75) is 31.3 Å². The van der Waals surface area contributed by atoms with Gasteiger partial charge < -0.3 is 0 Å². The van der Waals surface area contributed by atoms with Crippen molar-refractivity contribution in [2.24, 2.45) is 0 Å². The van der Waals surface area contributed by atoms with Gasteiger partial charge in [-0.05, 0) is 37.4 Å². The zero-order valence-corrected chi connectivity index (χ0v) is 11.5. The van der Waals surface area contributed by atoms with Crippen molar-refractivity contribution >= 4 is 0 Å². The Balaban J connectivity index is 1.86. The number of nitrogens with zero attached hydrogens (tertiary/aromatic N) is 1. The summed E-state index contributed by atoms with van der Waals surface area (Å²) in [4.78, 5) is 2.55. The fourth-order valence-corrected chi connectivity index (χ4v) is 3.28. The molecule has 0 radical (unpaired) electrons. The first kappa shape index (κ1) is 12.4. The van der Waals surface area contributed by atoms with Crippen molar-refractivity contribution in [2.75, 3.05) is 7.05 Å². The van der Waals surface area contributed by atoms with Crippen LogP contribution in [-0.4, -0.2) is 11.9 Å². The lowest BCUT2D eigenvalue weighted by atomic mass is 9.88. The minimum Gasteiger partial charge on any atom is -0.292 e. The minimum absolute atomic E-state index is 0.556. The minimum atomic E-state index is 0.556. The van der Waals surface area contributed by atoms with Gasteiger partial charge >= 0.3 is 0 Å². The number of rotatable bonds is 2. The number of piperidine rings is 1. The molecule has 19 heavy (non-hydrogen) atoms. The fraction of sp³-hybridized carbons (Fsp3) is 0.333. The lowest BCUT2D eigenvalue weighted by molar-refractivity contribution is 0.115. The summed E-state index contributed by atoms with van der Waals surface area (Å²) in [6.07, 6.45) is 3.84. The van der Waals surface area contributed by atoms with E-state index in [1.165, 1.54) is 30.4 Å². The average molecular weight is 251 g/mol. The maximum atomic E-state index is 2.55. The van der Waals surface area contributed by atoms with E-state index in [4.69, 9.17) is 0 Å². The highest BCUT2D eigenvalue weighted by Crippen LogP contribution is 2.39. The van der Waals surface area contributed by atoms with Crippen LogP contribution in [0.15, 0.2) is 60.7 Å². The molecule has 1 heteroatoms. The molecule has 98 valence electrons. The SMILES string of the molecule is CN1[C@@H](c2ccccc2)CCC[C@H]1c1ccccc1. The van der Waals surface area contributed by atoms with Crippen LogP contribution in [0.5, 0.6) is 0 Å². The summed E-state index contributed by atoms with van der Waals surface area (Å²) in [6, 6.07) is 22.9. The van der Waals surface area contributed by atoms with E-state index in [9.17, 15) is 0 Å². The molecule has 1 fully saturated rings. The molecular formula is C18H21N. The Hall–Kier alpha value is -1.60. The highest BCUT2D eigenvalue weighted by atomic mass is 15.2. The lowest BCUT2D eigenvalue weighted by Crippen LogP contribution is -2.33. The second-order valence-electron chi connectivity index (χ2n) is 5.45. The third kappa shape index (κ3) is 2.57. The molecule has 1 heterocycles. The fourth-order valence-electron chi connectivity index (χ4n) is 3.28. The van der Waals surface area contributed by atoms with Crippen molar-refractivity contribution < 1.29 is 0 Å². The van der Waals surface area contributed by atoms with Gasteiger partial charge in [-0.3, -0.25) is 4.90 Å². The second kappa shape index (κ2) is 5.58. The summed E-state index contributed by atoms with van der Waals surface area (Å²) >= 11 is 0. The van der Waals surface area contributed by atoms with E-state index in [0.717, 1.165) is 0 Å². The van der Waals surface area contributed by atoms with Gasteiger partial charge in [0.25, 0.3) is 0 Å². The number of benzene rings is 2. The van der Waals surface area contributed by atoms with Crippen molar-refractivity contribution in [3.05, 3.63) is 71.8 Å². The van der Waals surface area contributed by atoms with Crippen LogP contribution in [0.4, 0.5) is 0 Å². The third-order valence-electron chi connectivity index (χ3n) is 4.31. The van der Waals surface area contributed by atoms with Crippen LogP contribution in [0, 0.1) is 0 Å². The first-order valence-corrected chi connectivity index (χ1v) is 7.18. The Kier molecular flexibility index (Phi) is 3.65. The van der Waals surface area contributed by atoms with Crippen LogP contribution in [0.3, 0.4) is 0 Å². The Morgan fingerprint density at radius 3 is 1.58 bits per heavy atom. The molecule has 0 aromatic heterocycles. The summed E-state index contributed by atoms with van der Waals surface area (Å²) < 4.78 is 0. The molecule has 0 bridgehead atoms. The monoisotopic (exact) mass is 251 g/mol. The Morgan fingerprint density at radius 2 is 1.16 bits per heavy atom. The van der Waals surface area contributed by atoms with Gasteiger partial charge in [-0.25, -0.2) is 0 Å². The molecule has 0 amide bonds. The molecule has 0 aliphatic carbocycles. The van der Waals surface area contributed by atoms with Crippen LogP contribution in [0.25, 0.3) is 0 Å². The van der Waals surface area contributed by atoms with E-state index < -0.39 is 0 Å². The Morgan fingerprint density at radius 1 is 0.737 bits per heavy atom. The van der Waals surface area contributed by atoms with E-state index in [2.05, 4.69) is 72.6 Å². The second-order valence-corrected chi connectivity index (χ2v) is 5.45. The summed E-state index contributed by atoms with van der Waals surface area (Å²) in [5.41, 5.74) is 2.90. The van der Waals surface area contributed by atoms with Crippen LogP contribution in [-0.2, 0) is 0 Å². The van der Waals surface area contributed by atoms with E-state index >= 15 is 0 Å². The predicted molar refractivity (Wildman–Crippen MR) is 80.0 cm³/mol. The summed E-state index contributed by atoms with van der Waals surface area (Å²) in [7, 11) is 2.27. The molecule has 0 N–H and O–H groups in total. The first-order valence-electron chi connectivity index (χ1n) is 7.18. The molecule has 2 aromatic carbocycles. The summed E-state index contributed by atoms with van der Waals surface area (Å²) in [5, 5.41) is 0. The van der Waals surface area contributed by atoms with Crippen molar-refractivity contribution in [3.63, 3.8) is 0 Å². The molecule has 0 saturated carbocycles. The molecule has 1 aliphatic rings. The number of hydrogen-bond acceptors (Lipinski definition) is 1.